The minimum absolute atomic E-state index is 0.0191. The number of carbonyl (C=O) groups is 2. The van der Waals surface area contributed by atoms with Crippen molar-refractivity contribution in [2.24, 2.45) is 5.92 Å². The van der Waals surface area contributed by atoms with E-state index in [1.165, 1.54) is 6.20 Å². The van der Waals surface area contributed by atoms with Gasteiger partial charge in [0.1, 0.15) is 17.9 Å². The Labute approximate surface area is 266 Å². The van der Waals surface area contributed by atoms with Crippen LogP contribution in [0.2, 0.25) is 0 Å². The predicted octanol–water partition coefficient (Wildman–Crippen LogP) is 2.00. The van der Waals surface area contributed by atoms with Crippen molar-refractivity contribution in [3.63, 3.8) is 0 Å². The first kappa shape index (κ1) is 33.4. The SMILES string of the molecule is CC(C)(C)OC(=O)N1CCC(COCC(=O)N2CCN(c3nc(-c4cnc(N)nc4C(F)F)nc(N4CCOCC4)n3)CC2)CC1. The molecule has 3 aliphatic rings. The Kier molecular flexibility index (Phi) is 10.6. The predicted molar refractivity (Wildman–Crippen MR) is 163 cm³/mol. The van der Waals surface area contributed by atoms with Crippen molar-refractivity contribution in [1.29, 1.82) is 0 Å². The van der Waals surface area contributed by atoms with Gasteiger partial charge in [0.2, 0.25) is 23.8 Å². The largest absolute Gasteiger partial charge is 0.444 e. The number of rotatable bonds is 8. The maximum atomic E-state index is 13.9. The molecule has 0 saturated carbocycles. The number of nitrogens with zero attached hydrogens (tertiary/aromatic N) is 9. The lowest BCUT2D eigenvalue weighted by atomic mass is 9.98. The second kappa shape index (κ2) is 14.6. The van der Waals surface area contributed by atoms with Crippen LogP contribution in [-0.4, -0.2) is 131 Å². The highest BCUT2D eigenvalue weighted by Gasteiger charge is 2.29. The van der Waals surface area contributed by atoms with Crippen molar-refractivity contribution < 1.29 is 32.6 Å². The normalized spacial score (nSPS) is 18.3. The fraction of sp³-hybridized carbons (Fsp3) is 0.690. The summed E-state index contributed by atoms with van der Waals surface area (Å²) in [6.45, 7) is 10.9. The quantitative estimate of drug-likeness (QED) is 0.442. The van der Waals surface area contributed by atoms with Gasteiger partial charge in [0.05, 0.1) is 25.4 Å². The van der Waals surface area contributed by atoms with Gasteiger partial charge in [-0.3, -0.25) is 4.79 Å². The second-order valence-electron chi connectivity index (χ2n) is 12.5. The molecule has 3 saturated heterocycles. The van der Waals surface area contributed by atoms with Crippen LogP contribution in [0, 0.1) is 5.92 Å². The number of amides is 2. The van der Waals surface area contributed by atoms with Gasteiger partial charge in [-0.1, -0.05) is 0 Å². The monoisotopic (exact) mass is 648 g/mol. The van der Waals surface area contributed by atoms with Crippen LogP contribution < -0.4 is 15.5 Å². The number of morpholine rings is 1. The average molecular weight is 649 g/mol. The lowest BCUT2D eigenvalue weighted by molar-refractivity contribution is -0.137. The van der Waals surface area contributed by atoms with Gasteiger partial charge < -0.3 is 39.5 Å². The van der Waals surface area contributed by atoms with E-state index in [9.17, 15) is 18.4 Å². The van der Waals surface area contributed by atoms with Crippen molar-refractivity contribution in [1.82, 2.24) is 34.7 Å². The highest BCUT2D eigenvalue weighted by atomic mass is 19.3. The van der Waals surface area contributed by atoms with Crippen LogP contribution in [0.3, 0.4) is 0 Å². The van der Waals surface area contributed by atoms with Gasteiger partial charge in [-0.2, -0.15) is 15.0 Å². The fourth-order valence-corrected chi connectivity index (χ4v) is 5.44. The van der Waals surface area contributed by atoms with Gasteiger partial charge in [-0.25, -0.2) is 23.5 Å². The van der Waals surface area contributed by atoms with E-state index >= 15 is 0 Å². The number of nitrogen functional groups attached to an aromatic ring is 1. The van der Waals surface area contributed by atoms with E-state index in [1.807, 2.05) is 30.6 Å². The first-order valence-corrected chi connectivity index (χ1v) is 15.5. The number of piperidine rings is 1. The van der Waals surface area contributed by atoms with Gasteiger partial charge in [0.15, 0.2) is 5.82 Å². The fourth-order valence-electron chi connectivity index (χ4n) is 5.44. The maximum absolute atomic E-state index is 13.9. The van der Waals surface area contributed by atoms with Gasteiger partial charge in [-0.05, 0) is 39.5 Å². The third-order valence-corrected chi connectivity index (χ3v) is 7.95. The molecule has 0 radical (unpaired) electrons. The van der Waals surface area contributed by atoms with E-state index in [-0.39, 0.29) is 41.9 Å². The molecule has 5 rings (SSSR count). The van der Waals surface area contributed by atoms with Crippen molar-refractivity contribution in [2.45, 2.75) is 45.6 Å². The summed E-state index contributed by atoms with van der Waals surface area (Å²) in [5.74, 6) is 0.547. The molecule has 2 aromatic rings. The summed E-state index contributed by atoms with van der Waals surface area (Å²) in [6.07, 6.45) is -0.438. The van der Waals surface area contributed by atoms with E-state index in [4.69, 9.17) is 19.9 Å². The van der Waals surface area contributed by atoms with Crippen molar-refractivity contribution in [2.75, 3.05) is 94.3 Å². The third-order valence-electron chi connectivity index (χ3n) is 7.95. The lowest BCUT2D eigenvalue weighted by Gasteiger charge is -2.35. The molecule has 17 heteroatoms. The molecule has 5 heterocycles. The zero-order chi connectivity index (χ0) is 32.8. The number of halogens is 2. The average Bonchev–Trinajstić information content (AvgIpc) is 3.04. The van der Waals surface area contributed by atoms with Gasteiger partial charge in [-0.15, -0.1) is 0 Å². The zero-order valence-corrected chi connectivity index (χ0v) is 26.5. The minimum atomic E-state index is -2.91. The molecule has 0 unspecified atom stereocenters. The molecule has 2 aromatic heterocycles. The summed E-state index contributed by atoms with van der Waals surface area (Å²) in [5, 5.41) is 0. The number of aromatic nitrogens is 5. The summed E-state index contributed by atoms with van der Waals surface area (Å²) < 4.78 is 44.5. The number of nitrogens with two attached hydrogens (primary N) is 1. The highest BCUT2D eigenvalue weighted by Crippen LogP contribution is 2.30. The molecule has 3 aliphatic heterocycles. The molecule has 0 atom stereocenters. The highest BCUT2D eigenvalue weighted by molar-refractivity contribution is 5.77. The molecular formula is C29H42F2N10O5. The molecule has 0 bridgehead atoms. The molecular weight excluding hydrogens is 606 g/mol. The second-order valence-corrected chi connectivity index (χ2v) is 12.5. The molecule has 2 amide bonds. The Morgan fingerprint density at radius 1 is 0.935 bits per heavy atom. The molecule has 46 heavy (non-hydrogen) atoms. The van der Waals surface area contributed by atoms with Gasteiger partial charge in [0, 0.05) is 58.6 Å². The van der Waals surface area contributed by atoms with Gasteiger partial charge in [0.25, 0.3) is 6.43 Å². The molecule has 3 fully saturated rings. The summed E-state index contributed by atoms with van der Waals surface area (Å²) in [6, 6.07) is 0. The van der Waals surface area contributed by atoms with Crippen LogP contribution in [0.25, 0.3) is 11.4 Å². The Balaban J connectivity index is 1.16. The summed E-state index contributed by atoms with van der Waals surface area (Å²) >= 11 is 0. The Morgan fingerprint density at radius 2 is 1.57 bits per heavy atom. The topological polar surface area (TPSA) is 165 Å². The van der Waals surface area contributed by atoms with E-state index in [0.29, 0.717) is 84.1 Å². The number of hydrogen-bond acceptors (Lipinski definition) is 13. The number of likely N-dealkylation sites (tertiary alicyclic amines) is 1. The Morgan fingerprint density at radius 3 is 2.17 bits per heavy atom. The number of anilines is 3. The lowest BCUT2D eigenvalue weighted by Crippen LogP contribution is -2.50. The number of alkyl halides is 2. The van der Waals surface area contributed by atoms with Crippen molar-refractivity contribution in [3.8, 4) is 11.4 Å². The Bertz CT molecular complexity index is 1360. The van der Waals surface area contributed by atoms with E-state index in [0.717, 1.165) is 12.8 Å². The minimum Gasteiger partial charge on any atom is -0.444 e. The first-order valence-electron chi connectivity index (χ1n) is 15.5. The molecule has 252 valence electrons. The molecule has 2 N–H and O–H groups in total. The maximum Gasteiger partial charge on any atom is 0.410 e. The molecule has 0 aliphatic carbocycles. The third kappa shape index (κ3) is 8.63. The summed E-state index contributed by atoms with van der Waals surface area (Å²) in [5.41, 5.74) is 4.47. The van der Waals surface area contributed by atoms with Crippen LogP contribution in [0.5, 0.6) is 0 Å². The van der Waals surface area contributed by atoms with Crippen LogP contribution in [0.15, 0.2) is 6.20 Å². The number of hydrogen-bond donors (Lipinski definition) is 1. The van der Waals surface area contributed by atoms with Crippen LogP contribution in [0.1, 0.15) is 45.7 Å². The number of ether oxygens (including phenoxy) is 3. The first-order chi connectivity index (χ1) is 22.0. The van der Waals surface area contributed by atoms with Crippen molar-refractivity contribution >= 4 is 29.8 Å². The van der Waals surface area contributed by atoms with E-state index < -0.39 is 17.7 Å². The zero-order valence-electron chi connectivity index (χ0n) is 26.5. The molecule has 0 spiro atoms. The summed E-state index contributed by atoms with van der Waals surface area (Å²) in [7, 11) is 0. The van der Waals surface area contributed by atoms with Crippen LogP contribution in [-0.2, 0) is 19.0 Å². The Hall–Kier alpha value is -3.99. The van der Waals surface area contributed by atoms with E-state index in [1.54, 1.807) is 9.80 Å². The number of carbonyl (C=O) groups excluding carboxylic acids is 2. The standard InChI is InChI=1S/C29H42F2N10O5/c1-29(2,3)46-28(43)41-6-4-19(5-7-41)17-45-18-21(42)38-8-10-39(11-9-38)26-35-24(20-16-33-25(32)34-22(20)23(30)31)36-27(37-26)40-12-14-44-15-13-40/h16,19,23H,4-15,17-18H2,1-3H3,(H2,32,33,34). The van der Waals surface area contributed by atoms with E-state index in [2.05, 4.69) is 24.9 Å². The van der Waals surface area contributed by atoms with Crippen LogP contribution >= 0.6 is 0 Å². The molecule has 0 aromatic carbocycles. The number of piperazine rings is 1. The van der Waals surface area contributed by atoms with Gasteiger partial charge >= 0.3 is 6.09 Å². The van der Waals surface area contributed by atoms with Crippen LogP contribution in [0.4, 0.5) is 31.4 Å². The smallest absolute Gasteiger partial charge is 0.410 e. The molecule has 15 nitrogen and oxygen atoms in total. The summed E-state index contributed by atoms with van der Waals surface area (Å²) in [4.78, 5) is 53.8. The van der Waals surface area contributed by atoms with Crippen molar-refractivity contribution in [3.05, 3.63) is 11.9 Å².